The lowest BCUT2D eigenvalue weighted by Crippen LogP contribution is -2.16. The molecule has 0 aliphatic rings. The number of rotatable bonds is 9. The van der Waals surface area contributed by atoms with Gasteiger partial charge in [0.15, 0.2) is 11.5 Å². The van der Waals surface area contributed by atoms with Gasteiger partial charge in [-0.15, -0.1) is 0 Å². The monoisotopic (exact) mass is 417 g/mol. The van der Waals surface area contributed by atoms with Crippen LogP contribution in [0.25, 0.3) is 6.08 Å². The second-order valence-electron chi connectivity index (χ2n) is 6.53. The highest BCUT2D eigenvalue weighted by atomic mass is 16.5. The Kier molecular flexibility index (Phi) is 7.54. The van der Waals surface area contributed by atoms with E-state index in [2.05, 4.69) is 4.98 Å². The zero-order chi connectivity index (χ0) is 22.1. The van der Waals surface area contributed by atoms with E-state index in [0.717, 1.165) is 5.56 Å². The molecule has 0 saturated heterocycles. The van der Waals surface area contributed by atoms with E-state index in [-0.39, 0.29) is 12.2 Å². The van der Waals surface area contributed by atoms with Gasteiger partial charge in [0.2, 0.25) is 5.78 Å². The third-order valence-electron chi connectivity index (χ3n) is 4.40. The van der Waals surface area contributed by atoms with E-state index in [1.165, 1.54) is 19.4 Å². The standard InChI is InChI=1S/C25H23NO5/c1-3-30-25(28)21(24(27)20-10-7-13-26-16-20)14-19-11-12-22(23(15-19)29-2)31-17-18-8-5-4-6-9-18/h4-16H,3,17H2,1-2H3. The lowest BCUT2D eigenvalue weighted by atomic mass is 10.0. The van der Waals surface area contributed by atoms with Crippen LogP contribution in [0, 0.1) is 0 Å². The first-order chi connectivity index (χ1) is 15.1. The van der Waals surface area contributed by atoms with Crippen molar-refractivity contribution < 1.29 is 23.8 Å². The molecule has 0 radical (unpaired) electrons. The molecule has 0 bridgehead atoms. The molecule has 0 amide bonds. The van der Waals surface area contributed by atoms with Crippen LogP contribution in [0.5, 0.6) is 11.5 Å². The fraction of sp³-hybridized carbons (Fsp3) is 0.160. The fourth-order valence-corrected chi connectivity index (χ4v) is 2.87. The minimum atomic E-state index is -0.695. The predicted octanol–water partition coefficient (Wildman–Crippen LogP) is 4.50. The van der Waals surface area contributed by atoms with E-state index in [1.807, 2.05) is 30.3 Å². The topological polar surface area (TPSA) is 74.7 Å². The van der Waals surface area contributed by atoms with Gasteiger partial charge in [-0.1, -0.05) is 36.4 Å². The molecule has 3 aromatic rings. The maximum absolute atomic E-state index is 12.9. The van der Waals surface area contributed by atoms with Crippen LogP contribution in [-0.4, -0.2) is 30.5 Å². The van der Waals surface area contributed by atoms with Crippen molar-refractivity contribution in [2.75, 3.05) is 13.7 Å². The van der Waals surface area contributed by atoms with E-state index in [0.29, 0.717) is 29.2 Å². The van der Waals surface area contributed by atoms with Crippen LogP contribution in [0.2, 0.25) is 0 Å². The Morgan fingerprint density at radius 1 is 1.00 bits per heavy atom. The molecule has 0 saturated carbocycles. The number of methoxy groups -OCH3 is 1. The molecule has 0 fully saturated rings. The Morgan fingerprint density at radius 2 is 1.81 bits per heavy atom. The molecule has 6 nitrogen and oxygen atoms in total. The van der Waals surface area contributed by atoms with E-state index in [9.17, 15) is 9.59 Å². The summed E-state index contributed by atoms with van der Waals surface area (Å²) >= 11 is 0. The van der Waals surface area contributed by atoms with E-state index in [1.54, 1.807) is 43.5 Å². The Morgan fingerprint density at radius 3 is 2.48 bits per heavy atom. The van der Waals surface area contributed by atoms with Crippen LogP contribution in [0.4, 0.5) is 0 Å². The minimum Gasteiger partial charge on any atom is -0.493 e. The fourth-order valence-electron chi connectivity index (χ4n) is 2.87. The van der Waals surface area contributed by atoms with E-state index >= 15 is 0 Å². The lowest BCUT2D eigenvalue weighted by Gasteiger charge is -2.12. The zero-order valence-corrected chi connectivity index (χ0v) is 17.4. The second kappa shape index (κ2) is 10.7. The molecule has 0 spiro atoms. The van der Waals surface area contributed by atoms with Crippen molar-refractivity contribution >= 4 is 17.8 Å². The summed E-state index contributed by atoms with van der Waals surface area (Å²) in [6, 6.07) is 18.2. The van der Waals surface area contributed by atoms with Gasteiger partial charge in [-0.25, -0.2) is 4.79 Å². The van der Waals surface area contributed by atoms with Gasteiger partial charge < -0.3 is 14.2 Å². The molecule has 1 heterocycles. The SMILES string of the molecule is CCOC(=O)C(=Cc1ccc(OCc2ccccc2)c(OC)c1)C(=O)c1cccnc1. The highest BCUT2D eigenvalue weighted by molar-refractivity contribution is 6.26. The zero-order valence-electron chi connectivity index (χ0n) is 17.4. The molecule has 0 atom stereocenters. The number of ketones is 1. The third kappa shape index (κ3) is 5.79. The number of Topliss-reactive ketones (excluding diaryl/α,β-unsaturated/α-hetero) is 1. The minimum absolute atomic E-state index is 0.0881. The lowest BCUT2D eigenvalue weighted by molar-refractivity contribution is -0.137. The Hall–Kier alpha value is -3.93. The maximum Gasteiger partial charge on any atom is 0.342 e. The molecule has 1 aromatic heterocycles. The highest BCUT2D eigenvalue weighted by Crippen LogP contribution is 2.30. The van der Waals surface area contributed by atoms with Crippen LogP contribution in [0.1, 0.15) is 28.4 Å². The highest BCUT2D eigenvalue weighted by Gasteiger charge is 2.21. The normalized spacial score (nSPS) is 11.0. The van der Waals surface area contributed by atoms with Crippen LogP contribution in [-0.2, 0) is 16.1 Å². The molecular weight excluding hydrogens is 394 g/mol. The molecule has 6 heteroatoms. The van der Waals surface area contributed by atoms with E-state index in [4.69, 9.17) is 14.2 Å². The Balaban J connectivity index is 1.88. The smallest absolute Gasteiger partial charge is 0.342 e. The molecule has 0 unspecified atom stereocenters. The van der Waals surface area contributed by atoms with Gasteiger partial charge >= 0.3 is 5.97 Å². The average molecular weight is 417 g/mol. The molecule has 3 rings (SSSR count). The molecular formula is C25H23NO5. The van der Waals surface area contributed by atoms with Gasteiger partial charge in [0.25, 0.3) is 0 Å². The van der Waals surface area contributed by atoms with Gasteiger partial charge in [0.05, 0.1) is 13.7 Å². The third-order valence-corrected chi connectivity index (χ3v) is 4.40. The van der Waals surface area contributed by atoms with Gasteiger partial charge in [-0.05, 0) is 48.4 Å². The number of hydrogen-bond donors (Lipinski definition) is 0. The molecule has 2 aromatic carbocycles. The van der Waals surface area contributed by atoms with Crippen LogP contribution in [0.15, 0.2) is 78.6 Å². The van der Waals surface area contributed by atoms with Crippen molar-refractivity contribution in [2.45, 2.75) is 13.5 Å². The summed E-state index contributed by atoms with van der Waals surface area (Å²) in [5.41, 5.74) is 1.84. The van der Waals surface area contributed by atoms with E-state index < -0.39 is 11.8 Å². The first kappa shape index (κ1) is 21.8. The van der Waals surface area contributed by atoms with Crippen molar-refractivity contribution in [3.05, 3.63) is 95.3 Å². The first-order valence-corrected chi connectivity index (χ1v) is 9.80. The number of carbonyl (C=O) groups excluding carboxylic acids is 2. The second-order valence-corrected chi connectivity index (χ2v) is 6.53. The van der Waals surface area contributed by atoms with Crippen molar-refractivity contribution in [2.24, 2.45) is 0 Å². The number of benzene rings is 2. The molecule has 0 aliphatic heterocycles. The molecule has 158 valence electrons. The largest absolute Gasteiger partial charge is 0.493 e. The number of pyridine rings is 1. The molecule has 0 aliphatic carbocycles. The summed E-state index contributed by atoms with van der Waals surface area (Å²) in [5.74, 6) is -0.115. The number of esters is 1. The summed E-state index contributed by atoms with van der Waals surface area (Å²) in [6.07, 6.45) is 4.46. The van der Waals surface area contributed by atoms with Gasteiger partial charge in [-0.3, -0.25) is 9.78 Å². The number of hydrogen-bond acceptors (Lipinski definition) is 6. The van der Waals surface area contributed by atoms with Crippen LogP contribution in [0.3, 0.4) is 0 Å². The summed E-state index contributed by atoms with van der Waals surface area (Å²) in [4.78, 5) is 29.3. The predicted molar refractivity (Wildman–Crippen MR) is 117 cm³/mol. The van der Waals surface area contributed by atoms with Crippen LogP contribution >= 0.6 is 0 Å². The van der Waals surface area contributed by atoms with Crippen molar-refractivity contribution in [1.82, 2.24) is 4.98 Å². The first-order valence-electron chi connectivity index (χ1n) is 9.80. The Bertz CT molecular complexity index is 1060. The number of carbonyl (C=O) groups is 2. The number of aromatic nitrogens is 1. The number of nitrogens with zero attached hydrogens (tertiary/aromatic N) is 1. The summed E-state index contributed by atoms with van der Waals surface area (Å²) in [6.45, 7) is 2.23. The van der Waals surface area contributed by atoms with Gasteiger partial charge in [0, 0.05) is 18.0 Å². The van der Waals surface area contributed by atoms with Crippen molar-refractivity contribution in [1.29, 1.82) is 0 Å². The number of ether oxygens (including phenoxy) is 3. The molecule has 0 N–H and O–H groups in total. The van der Waals surface area contributed by atoms with Gasteiger partial charge in [-0.2, -0.15) is 0 Å². The van der Waals surface area contributed by atoms with Crippen molar-refractivity contribution in [3.8, 4) is 11.5 Å². The summed E-state index contributed by atoms with van der Waals surface area (Å²) in [5, 5.41) is 0. The summed E-state index contributed by atoms with van der Waals surface area (Å²) < 4.78 is 16.4. The molecule has 31 heavy (non-hydrogen) atoms. The average Bonchev–Trinajstić information content (AvgIpc) is 2.82. The maximum atomic E-state index is 12.9. The quantitative estimate of drug-likeness (QED) is 0.168. The van der Waals surface area contributed by atoms with Gasteiger partial charge in [0.1, 0.15) is 12.2 Å². The van der Waals surface area contributed by atoms with Crippen LogP contribution < -0.4 is 9.47 Å². The van der Waals surface area contributed by atoms with Crippen molar-refractivity contribution in [3.63, 3.8) is 0 Å². The summed E-state index contributed by atoms with van der Waals surface area (Å²) in [7, 11) is 1.53. The Labute approximate surface area is 181 Å².